The van der Waals surface area contributed by atoms with Crippen molar-refractivity contribution in [1.82, 2.24) is 14.8 Å². The van der Waals surface area contributed by atoms with Crippen LogP contribution in [0.1, 0.15) is 45.8 Å². The van der Waals surface area contributed by atoms with Gasteiger partial charge in [0.25, 0.3) is 5.91 Å². The quantitative estimate of drug-likeness (QED) is 0.218. The zero-order chi connectivity index (χ0) is 22.9. The van der Waals surface area contributed by atoms with Gasteiger partial charge in [-0.3, -0.25) is 14.5 Å². The van der Waals surface area contributed by atoms with Crippen LogP contribution in [0.4, 0.5) is 0 Å². The molecule has 3 aromatic rings. The average molecular weight is 482 g/mol. The van der Waals surface area contributed by atoms with Crippen LogP contribution in [0.25, 0.3) is 11.1 Å². The Labute approximate surface area is 204 Å². The van der Waals surface area contributed by atoms with Crippen LogP contribution in [0.2, 0.25) is 0 Å². The summed E-state index contributed by atoms with van der Waals surface area (Å²) in [6, 6.07) is 16.0. The lowest BCUT2D eigenvalue weighted by molar-refractivity contribution is 0.0630. The van der Waals surface area contributed by atoms with Gasteiger partial charge in [-0.25, -0.2) is 0 Å². The summed E-state index contributed by atoms with van der Waals surface area (Å²) in [4.78, 5) is 32.1. The van der Waals surface area contributed by atoms with Gasteiger partial charge in [0.05, 0.1) is 9.09 Å². The normalized spacial score (nSPS) is 14.5. The van der Waals surface area contributed by atoms with Crippen LogP contribution < -0.4 is 0 Å². The number of amides is 1. The van der Waals surface area contributed by atoms with Crippen molar-refractivity contribution in [3.63, 3.8) is 0 Å². The Bertz CT molecular complexity index is 1020. The van der Waals surface area contributed by atoms with Gasteiger partial charge in [-0.05, 0) is 54.5 Å². The van der Waals surface area contributed by atoms with Gasteiger partial charge < -0.3 is 9.88 Å². The van der Waals surface area contributed by atoms with Gasteiger partial charge in [0.15, 0.2) is 6.29 Å². The van der Waals surface area contributed by atoms with E-state index in [0.717, 1.165) is 60.8 Å². The summed E-state index contributed by atoms with van der Waals surface area (Å²) in [6.45, 7) is 4.59. The van der Waals surface area contributed by atoms with Gasteiger partial charge in [-0.1, -0.05) is 43.2 Å². The second kappa shape index (κ2) is 12.2. The molecular weight excluding hydrogens is 450 g/mol. The molecule has 1 N–H and O–H groups in total. The molecule has 174 valence electrons. The van der Waals surface area contributed by atoms with Crippen molar-refractivity contribution in [3.8, 4) is 11.1 Å². The molecule has 1 fully saturated rings. The van der Waals surface area contributed by atoms with E-state index in [0.29, 0.717) is 5.69 Å². The maximum absolute atomic E-state index is 12.9. The molecule has 0 aliphatic carbocycles. The molecule has 0 radical (unpaired) electrons. The van der Waals surface area contributed by atoms with Crippen LogP contribution in [0.15, 0.2) is 58.9 Å². The molecular formula is C26H31N3O2S2. The van der Waals surface area contributed by atoms with E-state index in [2.05, 4.69) is 22.0 Å². The zero-order valence-corrected chi connectivity index (χ0v) is 20.5. The standard InChI is InChI=1S/C26H31N3O2S2/c30-20-23-10-11-25(33-23)32-17-7-2-1-6-12-28-13-15-29(16-14-28)26(31)24-18-22(19-27-24)21-8-4-3-5-9-21/h3-5,8-11,18-20,27H,1-2,6-7,12-17H2. The lowest BCUT2D eigenvalue weighted by Crippen LogP contribution is -2.48. The highest BCUT2D eigenvalue weighted by Gasteiger charge is 2.23. The van der Waals surface area contributed by atoms with E-state index in [4.69, 9.17) is 0 Å². The Kier molecular flexibility index (Phi) is 8.80. The maximum atomic E-state index is 12.9. The number of carbonyl (C=O) groups excluding carboxylic acids is 2. The molecule has 2 aromatic heterocycles. The van der Waals surface area contributed by atoms with E-state index >= 15 is 0 Å². The minimum absolute atomic E-state index is 0.0975. The van der Waals surface area contributed by atoms with Crippen LogP contribution in [0.3, 0.4) is 0 Å². The Balaban J connectivity index is 1.09. The van der Waals surface area contributed by atoms with E-state index in [1.807, 2.05) is 59.3 Å². The first-order chi connectivity index (χ1) is 16.2. The van der Waals surface area contributed by atoms with Crippen molar-refractivity contribution >= 4 is 35.3 Å². The summed E-state index contributed by atoms with van der Waals surface area (Å²) in [5.74, 6) is 1.21. The minimum atomic E-state index is 0.0975. The number of aldehydes is 1. The largest absolute Gasteiger partial charge is 0.357 e. The minimum Gasteiger partial charge on any atom is -0.357 e. The molecule has 0 atom stereocenters. The highest BCUT2D eigenvalue weighted by Crippen LogP contribution is 2.27. The molecule has 0 spiro atoms. The molecule has 3 heterocycles. The van der Waals surface area contributed by atoms with Gasteiger partial charge >= 0.3 is 0 Å². The Hall–Kier alpha value is -2.35. The Morgan fingerprint density at radius 3 is 2.52 bits per heavy atom. The van der Waals surface area contributed by atoms with Crippen molar-refractivity contribution in [2.75, 3.05) is 38.5 Å². The Morgan fingerprint density at radius 2 is 1.76 bits per heavy atom. The third kappa shape index (κ3) is 6.82. The maximum Gasteiger partial charge on any atom is 0.270 e. The molecule has 0 unspecified atom stereocenters. The molecule has 1 saturated heterocycles. The first-order valence-corrected chi connectivity index (χ1v) is 13.5. The molecule has 1 aliphatic heterocycles. The van der Waals surface area contributed by atoms with Gasteiger partial charge in [-0.15, -0.1) is 23.1 Å². The topological polar surface area (TPSA) is 56.4 Å². The molecule has 1 aliphatic rings. The van der Waals surface area contributed by atoms with Crippen LogP contribution in [0, 0.1) is 0 Å². The number of hydrogen-bond acceptors (Lipinski definition) is 5. The van der Waals surface area contributed by atoms with Crippen molar-refractivity contribution in [2.24, 2.45) is 0 Å². The van der Waals surface area contributed by atoms with E-state index in [-0.39, 0.29) is 5.91 Å². The molecule has 4 rings (SSSR count). The van der Waals surface area contributed by atoms with Crippen molar-refractivity contribution in [1.29, 1.82) is 0 Å². The van der Waals surface area contributed by atoms with Crippen LogP contribution >= 0.6 is 23.1 Å². The fraction of sp³-hybridized carbons (Fsp3) is 0.385. The molecule has 7 heteroatoms. The molecule has 1 aromatic carbocycles. The number of thioether (sulfide) groups is 1. The molecule has 1 amide bonds. The first kappa shape index (κ1) is 23.8. The fourth-order valence-corrected chi connectivity index (χ4v) is 6.14. The van der Waals surface area contributed by atoms with Crippen molar-refractivity contribution in [3.05, 3.63) is 65.3 Å². The number of carbonyl (C=O) groups is 2. The first-order valence-electron chi connectivity index (χ1n) is 11.7. The fourth-order valence-electron chi connectivity index (χ4n) is 4.10. The number of nitrogens with one attached hydrogen (secondary N) is 1. The van der Waals surface area contributed by atoms with E-state index in [9.17, 15) is 9.59 Å². The highest BCUT2D eigenvalue weighted by molar-refractivity contribution is 8.01. The van der Waals surface area contributed by atoms with Gasteiger partial charge in [0.2, 0.25) is 0 Å². The van der Waals surface area contributed by atoms with Gasteiger partial charge in [-0.2, -0.15) is 0 Å². The molecule has 33 heavy (non-hydrogen) atoms. The average Bonchev–Trinajstić information content (AvgIpc) is 3.54. The molecule has 0 bridgehead atoms. The number of aromatic amines is 1. The van der Waals surface area contributed by atoms with Crippen LogP contribution in [0.5, 0.6) is 0 Å². The monoisotopic (exact) mass is 481 g/mol. The summed E-state index contributed by atoms with van der Waals surface area (Å²) in [5, 5.41) is 0. The number of nitrogens with zero attached hydrogens (tertiary/aromatic N) is 2. The van der Waals surface area contributed by atoms with Crippen molar-refractivity contribution < 1.29 is 9.59 Å². The van der Waals surface area contributed by atoms with Crippen LogP contribution in [-0.4, -0.2) is 65.5 Å². The predicted molar refractivity (Wildman–Crippen MR) is 137 cm³/mol. The van der Waals surface area contributed by atoms with E-state index < -0.39 is 0 Å². The lowest BCUT2D eigenvalue weighted by Gasteiger charge is -2.34. The van der Waals surface area contributed by atoms with Gasteiger partial charge in [0.1, 0.15) is 5.69 Å². The van der Waals surface area contributed by atoms with Gasteiger partial charge in [0, 0.05) is 32.4 Å². The SMILES string of the molecule is O=Cc1ccc(SCCCCCCN2CCN(C(=O)c3cc(-c4ccccc4)c[nH]3)CC2)s1. The van der Waals surface area contributed by atoms with E-state index in [1.54, 1.807) is 11.3 Å². The number of aromatic nitrogens is 1. The summed E-state index contributed by atoms with van der Waals surface area (Å²) >= 11 is 3.43. The number of rotatable bonds is 11. The Morgan fingerprint density at radius 1 is 0.970 bits per heavy atom. The smallest absolute Gasteiger partial charge is 0.270 e. The number of H-pyrrole nitrogens is 1. The number of benzene rings is 1. The third-order valence-corrected chi connectivity index (χ3v) is 8.33. The lowest BCUT2D eigenvalue weighted by atomic mass is 10.1. The second-order valence-electron chi connectivity index (χ2n) is 8.34. The summed E-state index contributed by atoms with van der Waals surface area (Å²) in [7, 11) is 0. The number of piperazine rings is 1. The van der Waals surface area contributed by atoms with Crippen LogP contribution in [-0.2, 0) is 0 Å². The zero-order valence-electron chi connectivity index (χ0n) is 18.9. The highest BCUT2D eigenvalue weighted by atomic mass is 32.2. The molecule has 5 nitrogen and oxygen atoms in total. The van der Waals surface area contributed by atoms with E-state index in [1.165, 1.54) is 29.9 Å². The number of unbranched alkanes of at least 4 members (excludes halogenated alkanes) is 3. The predicted octanol–water partition coefficient (Wildman–Crippen LogP) is 5.67. The van der Waals surface area contributed by atoms with Crippen molar-refractivity contribution in [2.45, 2.75) is 29.9 Å². The third-order valence-electron chi connectivity index (χ3n) is 6.01. The number of hydrogen-bond donors (Lipinski definition) is 1. The summed E-state index contributed by atoms with van der Waals surface area (Å²) in [6.07, 6.45) is 7.75. The number of thiophene rings is 1. The second-order valence-corrected chi connectivity index (χ2v) is 10.8. The summed E-state index contributed by atoms with van der Waals surface area (Å²) < 4.78 is 1.24. The molecule has 0 saturated carbocycles. The summed E-state index contributed by atoms with van der Waals surface area (Å²) in [5.41, 5.74) is 2.84.